The fraction of sp³-hybridized carbons (Fsp3) is 0.500. The van der Waals surface area contributed by atoms with E-state index in [0.29, 0.717) is 19.0 Å². The lowest BCUT2D eigenvalue weighted by molar-refractivity contribution is -0.137. The van der Waals surface area contributed by atoms with Crippen LogP contribution in [-0.4, -0.2) is 29.9 Å². The molecule has 20 heavy (non-hydrogen) atoms. The van der Waals surface area contributed by atoms with Gasteiger partial charge in [-0.25, -0.2) is 0 Å². The Morgan fingerprint density at radius 2 is 1.90 bits per heavy atom. The number of nitrogens with two attached hydrogens (primary N) is 1. The average molecular weight is 286 g/mol. The van der Waals surface area contributed by atoms with Crippen molar-refractivity contribution < 1.29 is 18.0 Å². The van der Waals surface area contributed by atoms with E-state index in [1.165, 1.54) is 12.1 Å². The molecule has 1 aliphatic heterocycles. The van der Waals surface area contributed by atoms with E-state index in [1.54, 1.807) is 4.90 Å². The van der Waals surface area contributed by atoms with Gasteiger partial charge in [0.1, 0.15) is 0 Å². The van der Waals surface area contributed by atoms with Crippen molar-refractivity contribution in [3.63, 3.8) is 0 Å². The third kappa shape index (κ3) is 3.12. The fourth-order valence-corrected chi connectivity index (χ4v) is 2.27. The number of hydrogen-bond donors (Lipinski definition) is 1. The van der Waals surface area contributed by atoms with Gasteiger partial charge in [0.15, 0.2) is 0 Å². The van der Waals surface area contributed by atoms with Crippen LogP contribution in [0.15, 0.2) is 24.3 Å². The molecule has 1 saturated heterocycles. The zero-order chi connectivity index (χ0) is 14.9. The van der Waals surface area contributed by atoms with E-state index in [-0.39, 0.29) is 17.5 Å². The first-order chi connectivity index (χ1) is 9.29. The van der Waals surface area contributed by atoms with Gasteiger partial charge in [-0.15, -0.1) is 0 Å². The van der Waals surface area contributed by atoms with Crippen LogP contribution in [0.4, 0.5) is 13.2 Å². The van der Waals surface area contributed by atoms with E-state index in [0.717, 1.165) is 18.6 Å². The lowest BCUT2D eigenvalue weighted by atomic mass is 9.94. The lowest BCUT2D eigenvalue weighted by Crippen LogP contribution is -2.49. The smallest absolute Gasteiger partial charge is 0.337 e. The van der Waals surface area contributed by atoms with Crippen LogP contribution in [0.2, 0.25) is 0 Å². The molecule has 2 atom stereocenters. The Morgan fingerprint density at radius 1 is 1.30 bits per heavy atom. The van der Waals surface area contributed by atoms with Crippen LogP contribution >= 0.6 is 0 Å². The highest BCUT2D eigenvalue weighted by molar-refractivity contribution is 5.94. The van der Waals surface area contributed by atoms with Crippen molar-refractivity contribution in [3.05, 3.63) is 35.4 Å². The number of amides is 1. The quantitative estimate of drug-likeness (QED) is 0.862. The molecule has 1 heterocycles. The average Bonchev–Trinajstić information content (AvgIpc) is 2.40. The third-order valence-electron chi connectivity index (χ3n) is 3.76. The first-order valence-corrected chi connectivity index (χ1v) is 6.51. The Morgan fingerprint density at radius 3 is 2.40 bits per heavy atom. The summed E-state index contributed by atoms with van der Waals surface area (Å²) in [5, 5.41) is 0. The summed E-state index contributed by atoms with van der Waals surface area (Å²) in [6.07, 6.45) is -3.57. The molecule has 0 saturated carbocycles. The monoisotopic (exact) mass is 286 g/mol. The topological polar surface area (TPSA) is 46.3 Å². The number of piperidine rings is 1. The molecule has 2 unspecified atom stereocenters. The van der Waals surface area contributed by atoms with Crippen molar-refractivity contribution in [1.29, 1.82) is 0 Å². The van der Waals surface area contributed by atoms with Gasteiger partial charge in [-0.05, 0) is 36.6 Å². The van der Waals surface area contributed by atoms with E-state index in [4.69, 9.17) is 5.73 Å². The van der Waals surface area contributed by atoms with Crippen LogP contribution in [0.3, 0.4) is 0 Å². The molecule has 6 heteroatoms. The van der Waals surface area contributed by atoms with Gasteiger partial charge in [0.25, 0.3) is 5.91 Å². The Labute approximate surface area is 115 Å². The highest BCUT2D eigenvalue weighted by Gasteiger charge is 2.31. The molecule has 1 aromatic carbocycles. The van der Waals surface area contributed by atoms with Crippen LogP contribution in [0.25, 0.3) is 0 Å². The minimum atomic E-state index is -4.38. The predicted octanol–water partition coefficient (Wildman–Crippen LogP) is 2.51. The summed E-state index contributed by atoms with van der Waals surface area (Å²) in [6.45, 7) is 3.07. The maximum absolute atomic E-state index is 12.5. The summed E-state index contributed by atoms with van der Waals surface area (Å²) in [6, 6.07) is 4.21. The second kappa shape index (κ2) is 5.44. The number of rotatable bonds is 1. The number of carbonyl (C=O) groups is 1. The van der Waals surface area contributed by atoms with Crippen molar-refractivity contribution in [2.24, 2.45) is 11.7 Å². The molecule has 3 nitrogen and oxygen atoms in total. The molecule has 1 fully saturated rings. The van der Waals surface area contributed by atoms with E-state index in [2.05, 4.69) is 0 Å². The van der Waals surface area contributed by atoms with E-state index in [1.807, 2.05) is 6.92 Å². The normalized spacial score (nSPS) is 23.8. The van der Waals surface area contributed by atoms with Crippen LogP contribution in [0.1, 0.15) is 29.3 Å². The highest BCUT2D eigenvalue weighted by atomic mass is 19.4. The van der Waals surface area contributed by atoms with Gasteiger partial charge >= 0.3 is 6.18 Å². The molecule has 0 aromatic heterocycles. The summed E-state index contributed by atoms with van der Waals surface area (Å²) in [7, 11) is 0. The minimum Gasteiger partial charge on any atom is -0.337 e. The first kappa shape index (κ1) is 14.8. The molecular formula is C14H17F3N2O. The largest absolute Gasteiger partial charge is 0.416 e. The number of hydrogen-bond acceptors (Lipinski definition) is 2. The van der Waals surface area contributed by atoms with Crippen molar-refractivity contribution in [3.8, 4) is 0 Å². The Bertz CT molecular complexity index is 484. The van der Waals surface area contributed by atoms with Gasteiger partial charge in [-0.3, -0.25) is 4.79 Å². The van der Waals surface area contributed by atoms with Crippen molar-refractivity contribution in [2.75, 3.05) is 13.1 Å². The molecule has 2 N–H and O–H groups in total. The van der Waals surface area contributed by atoms with Crippen LogP contribution in [0.5, 0.6) is 0 Å². The number of alkyl halides is 3. The second-order valence-electron chi connectivity index (χ2n) is 5.26. The lowest BCUT2D eigenvalue weighted by Gasteiger charge is -2.35. The molecule has 0 radical (unpaired) electrons. The summed E-state index contributed by atoms with van der Waals surface area (Å²) in [5.41, 5.74) is 5.43. The highest BCUT2D eigenvalue weighted by Crippen LogP contribution is 2.29. The Kier molecular flexibility index (Phi) is 4.04. The molecule has 2 rings (SSSR count). The number of carbonyl (C=O) groups excluding carboxylic acids is 1. The van der Waals surface area contributed by atoms with Crippen LogP contribution in [0, 0.1) is 5.92 Å². The standard InChI is InChI=1S/C14H17F3N2O/c1-9-6-7-19(8-12(9)18)13(20)10-2-4-11(5-3-10)14(15,16)17/h2-5,9,12H,6-8,18H2,1H3. The van der Waals surface area contributed by atoms with Gasteiger partial charge in [-0.2, -0.15) is 13.2 Å². The zero-order valence-electron chi connectivity index (χ0n) is 11.2. The SMILES string of the molecule is CC1CCN(C(=O)c2ccc(C(F)(F)F)cc2)CC1N. The number of benzene rings is 1. The zero-order valence-corrected chi connectivity index (χ0v) is 11.2. The van der Waals surface area contributed by atoms with Crippen molar-refractivity contribution >= 4 is 5.91 Å². The van der Waals surface area contributed by atoms with Gasteiger partial charge in [0.05, 0.1) is 5.56 Å². The molecule has 0 bridgehead atoms. The van der Waals surface area contributed by atoms with Crippen molar-refractivity contribution in [2.45, 2.75) is 25.6 Å². The Balaban J connectivity index is 2.10. The molecule has 0 spiro atoms. The molecule has 1 aromatic rings. The molecule has 110 valence electrons. The maximum Gasteiger partial charge on any atom is 0.416 e. The van der Waals surface area contributed by atoms with Crippen LogP contribution in [-0.2, 0) is 6.18 Å². The van der Waals surface area contributed by atoms with Gasteiger partial charge in [0.2, 0.25) is 0 Å². The van der Waals surface area contributed by atoms with Crippen LogP contribution < -0.4 is 5.73 Å². The predicted molar refractivity (Wildman–Crippen MR) is 69.1 cm³/mol. The van der Waals surface area contributed by atoms with Gasteiger partial charge in [-0.1, -0.05) is 6.92 Å². The molecular weight excluding hydrogens is 269 g/mol. The van der Waals surface area contributed by atoms with E-state index < -0.39 is 11.7 Å². The summed E-state index contributed by atoms with van der Waals surface area (Å²) >= 11 is 0. The van der Waals surface area contributed by atoms with E-state index in [9.17, 15) is 18.0 Å². The van der Waals surface area contributed by atoms with E-state index >= 15 is 0 Å². The van der Waals surface area contributed by atoms with Gasteiger partial charge < -0.3 is 10.6 Å². The molecule has 0 aliphatic carbocycles. The maximum atomic E-state index is 12.5. The summed E-state index contributed by atoms with van der Waals surface area (Å²) < 4.78 is 37.4. The summed E-state index contributed by atoms with van der Waals surface area (Å²) in [4.78, 5) is 13.8. The van der Waals surface area contributed by atoms with Gasteiger partial charge in [0, 0.05) is 24.7 Å². The first-order valence-electron chi connectivity index (χ1n) is 6.51. The minimum absolute atomic E-state index is 0.0813. The molecule has 1 aliphatic rings. The summed E-state index contributed by atoms with van der Waals surface area (Å²) in [5.74, 6) is 0.0905. The molecule has 1 amide bonds. The number of nitrogens with zero attached hydrogens (tertiary/aromatic N) is 1. The third-order valence-corrected chi connectivity index (χ3v) is 3.76. The second-order valence-corrected chi connectivity index (χ2v) is 5.26. The van der Waals surface area contributed by atoms with Crippen molar-refractivity contribution in [1.82, 2.24) is 4.90 Å². The number of likely N-dealkylation sites (tertiary alicyclic amines) is 1. The Hall–Kier alpha value is -1.56. The number of halogens is 3. The fourth-order valence-electron chi connectivity index (χ4n) is 2.27.